The summed E-state index contributed by atoms with van der Waals surface area (Å²) in [6, 6.07) is 28.7. The van der Waals surface area contributed by atoms with E-state index in [-0.39, 0.29) is 35.5 Å². The van der Waals surface area contributed by atoms with Crippen molar-refractivity contribution < 1.29 is 22.4 Å². The Kier molecular flexibility index (Phi) is 10.4. The quantitative estimate of drug-likeness (QED) is 0.211. The second-order valence-corrected chi connectivity index (χ2v) is 13.4. The van der Waals surface area contributed by atoms with Crippen molar-refractivity contribution in [2.75, 3.05) is 13.1 Å². The first kappa shape index (κ1) is 32.1. The second-order valence-electron chi connectivity index (χ2n) is 11.4. The van der Waals surface area contributed by atoms with Gasteiger partial charge >= 0.3 is 0 Å². The number of nitrogens with zero attached hydrogens (tertiary/aromatic N) is 2. The van der Waals surface area contributed by atoms with Crippen LogP contribution in [-0.4, -0.2) is 42.5 Å². The first-order valence-electron chi connectivity index (χ1n) is 15.2. The molecule has 0 bridgehead atoms. The van der Waals surface area contributed by atoms with Crippen molar-refractivity contribution in [2.45, 2.75) is 56.6 Å². The summed E-state index contributed by atoms with van der Waals surface area (Å²) in [7, 11) is -3.53. The van der Waals surface area contributed by atoms with Crippen LogP contribution in [0.1, 0.15) is 53.1 Å². The SMILES string of the molecule is Cc1ccc(CNC(=O)[C@H](c2ccccc2)N(Cc2ccc(F)cc2)C(=O)CCc2ccc(S(=O)(=O)N3CCCC3)cc2)cc1. The van der Waals surface area contributed by atoms with Crippen molar-refractivity contribution in [1.82, 2.24) is 14.5 Å². The summed E-state index contributed by atoms with van der Waals surface area (Å²) in [6.45, 7) is 3.46. The third kappa shape index (κ3) is 8.23. The van der Waals surface area contributed by atoms with Gasteiger partial charge in [-0.1, -0.05) is 84.4 Å². The molecule has 7 nitrogen and oxygen atoms in total. The summed E-state index contributed by atoms with van der Waals surface area (Å²) in [5.74, 6) is -0.969. The number of hydrogen-bond acceptors (Lipinski definition) is 4. The van der Waals surface area contributed by atoms with Gasteiger partial charge in [0.05, 0.1) is 4.90 Å². The van der Waals surface area contributed by atoms with Gasteiger partial charge in [0, 0.05) is 32.6 Å². The predicted molar refractivity (Wildman–Crippen MR) is 172 cm³/mol. The number of nitrogens with one attached hydrogen (secondary N) is 1. The zero-order chi connectivity index (χ0) is 31.8. The largest absolute Gasteiger partial charge is 0.350 e. The van der Waals surface area contributed by atoms with Crippen molar-refractivity contribution in [3.05, 3.63) is 137 Å². The molecular formula is C36H38FN3O4S. The minimum Gasteiger partial charge on any atom is -0.350 e. The first-order valence-corrected chi connectivity index (χ1v) is 16.7. The molecule has 1 saturated heterocycles. The molecule has 9 heteroatoms. The molecule has 1 fully saturated rings. The van der Waals surface area contributed by atoms with Crippen LogP contribution in [0.4, 0.5) is 4.39 Å². The van der Waals surface area contributed by atoms with Gasteiger partial charge in [-0.05, 0) is 72.7 Å². The van der Waals surface area contributed by atoms with Gasteiger partial charge in [0.2, 0.25) is 21.8 Å². The van der Waals surface area contributed by atoms with Gasteiger partial charge in [0.25, 0.3) is 0 Å². The van der Waals surface area contributed by atoms with E-state index >= 15 is 0 Å². The Balaban J connectivity index is 1.37. The van der Waals surface area contributed by atoms with E-state index in [0.29, 0.717) is 37.2 Å². The number of sulfonamides is 1. The number of hydrogen-bond donors (Lipinski definition) is 1. The lowest BCUT2D eigenvalue weighted by Crippen LogP contribution is -2.43. The van der Waals surface area contributed by atoms with E-state index in [1.54, 1.807) is 41.3 Å². The third-order valence-corrected chi connectivity index (χ3v) is 10.0. The Morgan fingerprint density at radius 3 is 2.07 bits per heavy atom. The molecular weight excluding hydrogens is 589 g/mol. The number of carbonyl (C=O) groups excluding carboxylic acids is 2. The summed E-state index contributed by atoms with van der Waals surface area (Å²) >= 11 is 0. The minimum atomic E-state index is -3.53. The minimum absolute atomic E-state index is 0.0913. The molecule has 1 aliphatic heterocycles. The second kappa shape index (κ2) is 14.6. The lowest BCUT2D eigenvalue weighted by atomic mass is 10.0. The van der Waals surface area contributed by atoms with Crippen molar-refractivity contribution in [3.8, 4) is 0 Å². The van der Waals surface area contributed by atoms with Gasteiger partial charge in [0.1, 0.15) is 11.9 Å². The van der Waals surface area contributed by atoms with Gasteiger partial charge in [-0.3, -0.25) is 9.59 Å². The average Bonchev–Trinajstić information content (AvgIpc) is 3.61. The van der Waals surface area contributed by atoms with Crippen LogP contribution in [0, 0.1) is 12.7 Å². The van der Waals surface area contributed by atoms with Gasteiger partial charge in [-0.25, -0.2) is 12.8 Å². The van der Waals surface area contributed by atoms with Crippen molar-refractivity contribution >= 4 is 21.8 Å². The maximum atomic E-state index is 14.0. The van der Waals surface area contributed by atoms with Crippen LogP contribution in [0.5, 0.6) is 0 Å². The molecule has 0 radical (unpaired) electrons. The maximum Gasteiger partial charge on any atom is 0.247 e. The molecule has 0 unspecified atom stereocenters. The molecule has 1 aliphatic rings. The molecule has 234 valence electrons. The highest BCUT2D eigenvalue weighted by atomic mass is 32.2. The van der Waals surface area contributed by atoms with Crippen molar-refractivity contribution in [3.63, 3.8) is 0 Å². The average molecular weight is 628 g/mol. The molecule has 0 spiro atoms. The Morgan fingerprint density at radius 2 is 1.42 bits per heavy atom. The van der Waals surface area contributed by atoms with Crippen LogP contribution in [0.3, 0.4) is 0 Å². The van der Waals surface area contributed by atoms with Crippen LogP contribution in [0.2, 0.25) is 0 Å². The molecule has 1 atom stereocenters. The highest BCUT2D eigenvalue weighted by Crippen LogP contribution is 2.26. The number of rotatable bonds is 12. The van der Waals surface area contributed by atoms with E-state index in [4.69, 9.17) is 0 Å². The van der Waals surface area contributed by atoms with E-state index in [9.17, 15) is 22.4 Å². The van der Waals surface area contributed by atoms with Gasteiger partial charge < -0.3 is 10.2 Å². The number of halogens is 1. The molecule has 1 heterocycles. The topological polar surface area (TPSA) is 86.8 Å². The van der Waals surface area contributed by atoms with E-state index < -0.39 is 16.1 Å². The van der Waals surface area contributed by atoms with Crippen LogP contribution < -0.4 is 5.32 Å². The third-order valence-electron chi connectivity index (χ3n) is 8.10. The fourth-order valence-electron chi connectivity index (χ4n) is 5.51. The Bertz CT molecular complexity index is 1690. The summed E-state index contributed by atoms with van der Waals surface area (Å²) < 4.78 is 41.1. The van der Waals surface area contributed by atoms with Crippen molar-refractivity contribution in [2.24, 2.45) is 0 Å². The predicted octanol–water partition coefficient (Wildman–Crippen LogP) is 5.94. The Hall–Kier alpha value is -4.34. The van der Waals surface area contributed by atoms with Crippen molar-refractivity contribution in [1.29, 1.82) is 0 Å². The van der Waals surface area contributed by atoms with Gasteiger partial charge in [-0.15, -0.1) is 0 Å². The van der Waals surface area contributed by atoms with Crippen LogP contribution in [0.25, 0.3) is 0 Å². The lowest BCUT2D eigenvalue weighted by Gasteiger charge is -2.32. The fourth-order valence-corrected chi connectivity index (χ4v) is 7.03. The maximum absolute atomic E-state index is 14.0. The molecule has 4 aromatic rings. The van der Waals surface area contributed by atoms with E-state index in [1.165, 1.54) is 16.4 Å². The van der Waals surface area contributed by atoms with Crippen LogP contribution in [-0.2, 0) is 39.1 Å². The van der Waals surface area contributed by atoms with E-state index in [0.717, 1.165) is 29.5 Å². The molecule has 2 amide bonds. The molecule has 0 saturated carbocycles. The zero-order valence-electron chi connectivity index (χ0n) is 25.4. The monoisotopic (exact) mass is 627 g/mol. The standard InChI is InChI=1S/C36H38FN3O4S/c1-27-9-11-29(12-10-27)25-38-36(42)35(31-7-3-2-4-8-31)40(26-30-13-18-32(37)19-14-30)34(41)22-17-28-15-20-33(21-16-28)45(43,44)39-23-5-6-24-39/h2-4,7-16,18-21,35H,5-6,17,22-26H2,1H3,(H,38,42)/t35-/m0/s1. The van der Waals surface area contributed by atoms with Crippen LogP contribution >= 0.6 is 0 Å². The normalized spacial score (nSPS) is 14.2. The van der Waals surface area contributed by atoms with E-state index in [2.05, 4.69) is 5.32 Å². The highest BCUT2D eigenvalue weighted by Gasteiger charge is 2.31. The fraction of sp³-hybridized carbons (Fsp3) is 0.278. The number of aryl methyl sites for hydroxylation is 2. The smallest absolute Gasteiger partial charge is 0.247 e. The summed E-state index contributed by atoms with van der Waals surface area (Å²) in [4.78, 5) is 29.6. The van der Waals surface area contributed by atoms with Crippen LogP contribution in [0.15, 0.2) is 108 Å². The number of benzene rings is 4. The van der Waals surface area contributed by atoms with Gasteiger partial charge in [-0.2, -0.15) is 4.31 Å². The molecule has 0 aliphatic carbocycles. The molecule has 45 heavy (non-hydrogen) atoms. The van der Waals surface area contributed by atoms with Gasteiger partial charge in [0.15, 0.2) is 0 Å². The number of carbonyl (C=O) groups is 2. The zero-order valence-corrected chi connectivity index (χ0v) is 26.2. The lowest BCUT2D eigenvalue weighted by molar-refractivity contribution is -0.141. The summed E-state index contributed by atoms with van der Waals surface area (Å²) in [5.41, 5.74) is 4.21. The Labute approximate surface area is 264 Å². The first-order chi connectivity index (χ1) is 21.7. The summed E-state index contributed by atoms with van der Waals surface area (Å²) in [6.07, 6.45) is 2.17. The summed E-state index contributed by atoms with van der Waals surface area (Å²) in [5, 5.41) is 3.01. The molecule has 1 N–H and O–H groups in total. The van der Waals surface area contributed by atoms with E-state index in [1.807, 2.05) is 61.5 Å². The Morgan fingerprint density at radius 1 is 0.822 bits per heavy atom. The molecule has 5 rings (SSSR count). The molecule has 0 aromatic heterocycles. The molecule has 4 aromatic carbocycles. The number of amides is 2. The highest BCUT2D eigenvalue weighted by molar-refractivity contribution is 7.89.